The molecule has 0 unspecified atom stereocenters. The molecule has 1 heterocycles. The van der Waals surface area contributed by atoms with E-state index < -0.39 is 0 Å². The molecule has 2 aromatic carbocycles. The van der Waals surface area contributed by atoms with Crippen molar-refractivity contribution >= 4 is 23.9 Å². The van der Waals surface area contributed by atoms with Crippen LogP contribution in [0.25, 0.3) is 11.4 Å². The second-order valence-corrected chi connectivity index (χ2v) is 7.40. The van der Waals surface area contributed by atoms with E-state index in [9.17, 15) is 4.79 Å². The van der Waals surface area contributed by atoms with Gasteiger partial charge in [0, 0.05) is 17.7 Å². The zero-order valence-electron chi connectivity index (χ0n) is 18.4. The van der Waals surface area contributed by atoms with E-state index in [-0.39, 0.29) is 11.7 Å². The Morgan fingerprint density at radius 2 is 1.78 bits per heavy atom. The van der Waals surface area contributed by atoms with Crippen LogP contribution in [0.3, 0.4) is 0 Å². The Morgan fingerprint density at radius 3 is 2.38 bits per heavy atom. The van der Waals surface area contributed by atoms with Crippen molar-refractivity contribution in [1.82, 2.24) is 20.2 Å². The third kappa shape index (κ3) is 5.38. The molecule has 0 fully saturated rings. The molecule has 0 spiro atoms. The number of thioether (sulfide) groups is 1. The Bertz CT molecular complexity index is 1060. The summed E-state index contributed by atoms with van der Waals surface area (Å²) in [5.41, 5.74) is 4.19. The molecule has 0 radical (unpaired) electrons. The molecule has 0 aliphatic heterocycles. The molecule has 1 N–H and O–H groups in total. The Balaban J connectivity index is 1.62. The quantitative estimate of drug-likeness (QED) is 0.285. The molecule has 10 heteroatoms. The van der Waals surface area contributed by atoms with Crippen LogP contribution in [0.15, 0.2) is 52.7 Å². The lowest BCUT2D eigenvalue weighted by molar-refractivity contribution is -0.118. The molecule has 168 valence electrons. The number of amides is 1. The van der Waals surface area contributed by atoms with Gasteiger partial charge in [0.1, 0.15) is 0 Å². The number of rotatable bonds is 10. The van der Waals surface area contributed by atoms with E-state index in [1.807, 2.05) is 41.8 Å². The van der Waals surface area contributed by atoms with Crippen LogP contribution in [0.1, 0.15) is 12.5 Å². The third-order valence-corrected chi connectivity index (χ3v) is 5.45. The van der Waals surface area contributed by atoms with Crippen molar-refractivity contribution in [3.63, 3.8) is 0 Å². The van der Waals surface area contributed by atoms with Crippen molar-refractivity contribution in [3.05, 3.63) is 48.0 Å². The maximum atomic E-state index is 12.3. The fourth-order valence-corrected chi connectivity index (χ4v) is 3.79. The molecule has 3 rings (SSSR count). The van der Waals surface area contributed by atoms with Crippen LogP contribution in [0.2, 0.25) is 0 Å². The number of hydrazone groups is 1. The summed E-state index contributed by atoms with van der Waals surface area (Å²) in [6.07, 6.45) is 1.51. The maximum Gasteiger partial charge on any atom is 0.250 e. The van der Waals surface area contributed by atoms with E-state index in [1.54, 1.807) is 12.1 Å². The molecule has 0 atom stereocenters. The Morgan fingerprint density at radius 1 is 1.09 bits per heavy atom. The standard InChI is InChI=1S/C22H25N5O4S/c1-5-27-21(16-9-7-6-8-10-16)25-26-22(27)32-14-19(28)24-23-13-15-11-17(29-2)20(31-4)18(12-15)30-3/h6-13H,5,14H2,1-4H3,(H,24,28). The van der Waals surface area contributed by atoms with Gasteiger partial charge in [0.05, 0.1) is 33.3 Å². The average Bonchev–Trinajstić information content (AvgIpc) is 3.25. The monoisotopic (exact) mass is 455 g/mol. The van der Waals surface area contributed by atoms with Gasteiger partial charge < -0.3 is 18.8 Å². The van der Waals surface area contributed by atoms with E-state index in [0.717, 1.165) is 11.4 Å². The van der Waals surface area contributed by atoms with Crippen LogP contribution in [0.4, 0.5) is 0 Å². The minimum absolute atomic E-state index is 0.152. The summed E-state index contributed by atoms with van der Waals surface area (Å²) in [5, 5.41) is 13.2. The molecular formula is C22H25N5O4S. The second-order valence-electron chi connectivity index (χ2n) is 6.46. The highest BCUT2D eigenvalue weighted by Crippen LogP contribution is 2.37. The molecule has 0 saturated carbocycles. The normalized spacial score (nSPS) is 10.9. The largest absolute Gasteiger partial charge is 0.493 e. The van der Waals surface area contributed by atoms with Crippen molar-refractivity contribution in [2.45, 2.75) is 18.6 Å². The lowest BCUT2D eigenvalue weighted by Crippen LogP contribution is -2.20. The SMILES string of the molecule is CCn1c(SCC(=O)NN=Cc2cc(OC)c(OC)c(OC)c2)nnc1-c1ccccc1. The molecule has 0 aliphatic rings. The third-order valence-electron chi connectivity index (χ3n) is 4.49. The number of nitrogens with one attached hydrogen (secondary N) is 1. The van der Waals surface area contributed by atoms with Crippen LogP contribution in [0, 0.1) is 0 Å². The summed E-state index contributed by atoms with van der Waals surface area (Å²) in [6, 6.07) is 13.3. The Hall–Kier alpha value is -3.53. The first-order valence-corrected chi connectivity index (χ1v) is 10.8. The van der Waals surface area contributed by atoms with Crippen LogP contribution in [0.5, 0.6) is 17.2 Å². The van der Waals surface area contributed by atoms with Crippen molar-refractivity contribution in [1.29, 1.82) is 0 Å². The van der Waals surface area contributed by atoms with Gasteiger partial charge in [0.2, 0.25) is 5.75 Å². The number of aromatic nitrogens is 3. The molecular weight excluding hydrogens is 430 g/mol. The first-order chi connectivity index (χ1) is 15.6. The summed E-state index contributed by atoms with van der Waals surface area (Å²) < 4.78 is 17.9. The van der Waals surface area contributed by atoms with Crippen LogP contribution < -0.4 is 19.6 Å². The van der Waals surface area contributed by atoms with Gasteiger partial charge in [0.15, 0.2) is 22.5 Å². The van der Waals surface area contributed by atoms with E-state index >= 15 is 0 Å². The van der Waals surface area contributed by atoms with E-state index in [2.05, 4.69) is 20.7 Å². The highest BCUT2D eigenvalue weighted by Gasteiger charge is 2.15. The van der Waals surface area contributed by atoms with Gasteiger partial charge in [-0.1, -0.05) is 42.1 Å². The molecule has 32 heavy (non-hydrogen) atoms. The predicted molar refractivity (Wildman–Crippen MR) is 124 cm³/mol. The van der Waals surface area contributed by atoms with Gasteiger partial charge in [-0.15, -0.1) is 10.2 Å². The summed E-state index contributed by atoms with van der Waals surface area (Å²) in [4.78, 5) is 12.3. The minimum atomic E-state index is -0.259. The van der Waals surface area contributed by atoms with E-state index in [4.69, 9.17) is 14.2 Å². The van der Waals surface area contributed by atoms with Gasteiger partial charge in [-0.25, -0.2) is 5.43 Å². The first kappa shape index (κ1) is 23.1. The van der Waals surface area contributed by atoms with Crippen LogP contribution in [-0.2, 0) is 11.3 Å². The number of methoxy groups -OCH3 is 3. The molecule has 9 nitrogen and oxygen atoms in total. The zero-order valence-corrected chi connectivity index (χ0v) is 19.2. The minimum Gasteiger partial charge on any atom is -0.493 e. The topological polar surface area (TPSA) is 99.9 Å². The highest BCUT2D eigenvalue weighted by atomic mass is 32.2. The number of nitrogens with zero attached hydrogens (tertiary/aromatic N) is 4. The van der Waals surface area contributed by atoms with Crippen molar-refractivity contribution in [2.24, 2.45) is 5.10 Å². The lowest BCUT2D eigenvalue weighted by atomic mass is 10.2. The second kappa shape index (κ2) is 11.2. The highest BCUT2D eigenvalue weighted by molar-refractivity contribution is 7.99. The summed E-state index contributed by atoms with van der Waals surface area (Å²) >= 11 is 1.31. The lowest BCUT2D eigenvalue weighted by Gasteiger charge is -2.12. The fraction of sp³-hybridized carbons (Fsp3) is 0.273. The molecule has 1 amide bonds. The predicted octanol–water partition coefficient (Wildman–Crippen LogP) is 3.23. The first-order valence-electron chi connectivity index (χ1n) is 9.84. The molecule has 0 aliphatic carbocycles. The summed E-state index contributed by atoms with van der Waals surface area (Å²) in [5.74, 6) is 2.16. The Labute approximate surface area is 190 Å². The Kier molecular flexibility index (Phi) is 8.09. The van der Waals surface area contributed by atoms with E-state index in [1.165, 1.54) is 39.3 Å². The van der Waals surface area contributed by atoms with Gasteiger partial charge >= 0.3 is 0 Å². The molecule has 0 saturated heterocycles. The van der Waals surface area contributed by atoms with Crippen molar-refractivity contribution in [3.8, 4) is 28.6 Å². The summed E-state index contributed by atoms with van der Waals surface area (Å²) in [7, 11) is 4.61. The number of carbonyl (C=O) groups is 1. The number of carbonyl (C=O) groups excluding carboxylic acids is 1. The molecule has 1 aromatic heterocycles. The van der Waals surface area contributed by atoms with Crippen LogP contribution in [-0.4, -0.2) is 54.0 Å². The number of benzene rings is 2. The smallest absolute Gasteiger partial charge is 0.250 e. The summed E-state index contributed by atoms with van der Waals surface area (Å²) in [6.45, 7) is 2.71. The fourth-order valence-electron chi connectivity index (χ4n) is 3.00. The van der Waals surface area contributed by atoms with Crippen molar-refractivity contribution in [2.75, 3.05) is 27.1 Å². The average molecular weight is 456 g/mol. The van der Waals surface area contributed by atoms with Crippen LogP contribution >= 0.6 is 11.8 Å². The van der Waals surface area contributed by atoms with Gasteiger partial charge in [-0.05, 0) is 19.1 Å². The van der Waals surface area contributed by atoms with Gasteiger partial charge in [0.25, 0.3) is 5.91 Å². The van der Waals surface area contributed by atoms with Crippen molar-refractivity contribution < 1.29 is 19.0 Å². The number of ether oxygens (including phenoxy) is 3. The molecule has 3 aromatic rings. The number of hydrogen-bond acceptors (Lipinski definition) is 8. The van der Waals surface area contributed by atoms with Gasteiger partial charge in [-0.2, -0.15) is 5.10 Å². The molecule has 0 bridgehead atoms. The van der Waals surface area contributed by atoms with Gasteiger partial charge in [-0.3, -0.25) is 4.79 Å². The zero-order chi connectivity index (χ0) is 22.9. The number of hydrogen-bond donors (Lipinski definition) is 1. The maximum absolute atomic E-state index is 12.3. The van der Waals surface area contributed by atoms with E-state index in [0.29, 0.717) is 34.5 Å².